The second-order valence-electron chi connectivity index (χ2n) is 6.58. The second kappa shape index (κ2) is 7.12. The summed E-state index contributed by atoms with van der Waals surface area (Å²) in [4.78, 5) is 12.0. The van der Waals surface area contributed by atoms with Gasteiger partial charge in [-0.15, -0.1) is 0 Å². The third-order valence-corrected chi connectivity index (χ3v) is 4.72. The van der Waals surface area contributed by atoms with Crippen LogP contribution in [0.3, 0.4) is 0 Å². The van der Waals surface area contributed by atoms with Gasteiger partial charge in [-0.2, -0.15) is 0 Å². The highest BCUT2D eigenvalue weighted by Gasteiger charge is 2.23. The zero-order valence-corrected chi connectivity index (χ0v) is 15.2. The van der Waals surface area contributed by atoms with E-state index in [1.165, 1.54) is 6.08 Å². The topological polar surface area (TPSA) is 35.5 Å². The first kappa shape index (κ1) is 17.1. The molecule has 0 saturated carbocycles. The Balaban J connectivity index is 1.99. The van der Waals surface area contributed by atoms with E-state index in [1.807, 2.05) is 49.4 Å². The highest BCUT2D eigenvalue weighted by atomic mass is 16.5. The molecule has 0 unspecified atom stereocenters. The maximum atomic E-state index is 12.0. The highest BCUT2D eigenvalue weighted by Crippen LogP contribution is 2.45. The fourth-order valence-electron chi connectivity index (χ4n) is 3.46. The van der Waals surface area contributed by atoms with E-state index >= 15 is 0 Å². The third-order valence-electron chi connectivity index (χ3n) is 4.72. The Labute approximate surface area is 158 Å². The Kier molecular flexibility index (Phi) is 4.51. The SMILES string of the molecule is C=CC(=O)Oc1c2c(c(Oc3ccccc3)c3cc(C)ccc13)CC=CC2. The summed E-state index contributed by atoms with van der Waals surface area (Å²) in [6.45, 7) is 5.57. The van der Waals surface area contributed by atoms with Crippen LogP contribution in [0.5, 0.6) is 17.2 Å². The number of hydrogen-bond acceptors (Lipinski definition) is 3. The van der Waals surface area contributed by atoms with Gasteiger partial charge < -0.3 is 9.47 Å². The number of carbonyl (C=O) groups is 1. The van der Waals surface area contributed by atoms with Gasteiger partial charge in [-0.1, -0.05) is 54.6 Å². The van der Waals surface area contributed by atoms with E-state index in [2.05, 4.69) is 24.8 Å². The van der Waals surface area contributed by atoms with Crippen LogP contribution in [0, 0.1) is 6.92 Å². The van der Waals surface area contributed by atoms with Crippen molar-refractivity contribution < 1.29 is 14.3 Å². The van der Waals surface area contributed by atoms with E-state index in [0.29, 0.717) is 12.2 Å². The summed E-state index contributed by atoms with van der Waals surface area (Å²) in [7, 11) is 0. The fraction of sp³-hybridized carbons (Fsp3) is 0.125. The summed E-state index contributed by atoms with van der Waals surface area (Å²) in [5.41, 5.74) is 3.18. The second-order valence-corrected chi connectivity index (χ2v) is 6.58. The van der Waals surface area contributed by atoms with Crippen molar-refractivity contribution in [3.05, 3.63) is 90.0 Å². The van der Waals surface area contributed by atoms with Gasteiger partial charge in [0, 0.05) is 28.0 Å². The molecule has 27 heavy (non-hydrogen) atoms. The molecule has 1 aliphatic rings. The zero-order valence-electron chi connectivity index (χ0n) is 15.2. The molecule has 0 aliphatic heterocycles. The quantitative estimate of drug-likeness (QED) is 0.261. The molecule has 1 aliphatic carbocycles. The number of rotatable bonds is 4. The average Bonchev–Trinajstić information content (AvgIpc) is 2.71. The molecule has 134 valence electrons. The molecule has 0 aromatic heterocycles. The molecule has 3 aromatic rings. The number of carbonyl (C=O) groups excluding carboxylic acids is 1. The summed E-state index contributed by atoms with van der Waals surface area (Å²) in [5, 5.41) is 1.82. The molecule has 4 rings (SSSR count). The molecule has 0 saturated heterocycles. The fourth-order valence-corrected chi connectivity index (χ4v) is 3.46. The highest BCUT2D eigenvalue weighted by molar-refractivity contribution is 5.99. The molecule has 0 atom stereocenters. The number of benzene rings is 3. The van der Waals surface area contributed by atoms with Gasteiger partial charge in [-0.3, -0.25) is 0 Å². The van der Waals surface area contributed by atoms with Crippen molar-refractivity contribution in [2.24, 2.45) is 0 Å². The van der Waals surface area contributed by atoms with Crippen LogP contribution in [0.25, 0.3) is 10.8 Å². The Bertz CT molecular complexity index is 1060. The van der Waals surface area contributed by atoms with Crippen LogP contribution < -0.4 is 9.47 Å². The van der Waals surface area contributed by atoms with Gasteiger partial charge >= 0.3 is 5.97 Å². The molecule has 3 nitrogen and oxygen atoms in total. The van der Waals surface area contributed by atoms with Crippen LogP contribution in [0.1, 0.15) is 16.7 Å². The Hall–Kier alpha value is -3.33. The minimum atomic E-state index is -0.453. The van der Waals surface area contributed by atoms with Crippen molar-refractivity contribution in [2.75, 3.05) is 0 Å². The van der Waals surface area contributed by atoms with E-state index in [4.69, 9.17) is 9.47 Å². The van der Waals surface area contributed by atoms with Crippen molar-refractivity contribution in [3.8, 4) is 17.2 Å². The first-order valence-electron chi connectivity index (χ1n) is 8.97. The van der Waals surface area contributed by atoms with Crippen LogP contribution >= 0.6 is 0 Å². The van der Waals surface area contributed by atoms with Crippen molar-refractivity contribution in [2.45, 2.75) is 19.8 Å². The normalized spacial score (nSPS) is 12.5. The molecule has 0 spiro atoms. The van der Waals surface area contributed by atoms with E-state index in [-0.39, 0.29) is 0 Å². The molecule has 0 amide bonds. The third kappa shape index (κ3) is 3.24. The van der Waals surface area contributed by atoms with Crippen molar-refractivity contribution in [3.63, 3.8) is 0 Å². The monoisotopic (exact) mass is 356 g/mol. The van der Waals surface area contributed by atoms with Gasteiger partial charge in [0.05, 0.1) is 0 Å². The first-order valence-corrected chi connectivity index (χ1v) is 8.97. The van der Waals surface area contributed by atoms with Crippen LogP contribution in [0.15, 0.2) is 73.3 Å². The Morgan fingerprint density at radius 1 is 0.963 bits per heavy atom. The lowest BCUT2D eigenvalue weighted by Gasteiger charge is -2.23. The lowest BCUT2D eigenvalue weighted by molar-refractivity contribution is -0.128. The number of allylic oxidation sites excluding steroid dienone is 2. The first-order chi connectivity index (χ1) is 13.2. The van der Waals surface area contributed by atoms with Crippen molar-refractivity contribution in [1.29, 1.82) is 0 Å². The maximum absolute atomic E-state index is 12.0. The van der Waals surface area contributed by atoms with E-state index < -0.39 is 5.97 Å². The minimum Gasteiger partial charge on any atom is -0.456 e. The molecule has 0 fully saturated rings. The summed E-state index contributed by atoms with van der Waals surface area (Å²) in [5.74, 6) is 1.77. The van der Waals surface area contributed by atoms with E-state index in [1.54, 1.807) is 0 Å². The number of esters is 1. The lowest BCUT2D eigenvalue weighted by atomic mass is 9.90. The predicted molar refractivity (Wildman–Crippen MR) is 108 cm³/mol. The molecule has 0 bridgehead atoms. The summed E-state index contributed by atoms with van der Waals surface area (Å²) >= 11 is 0. The predicted octanol–water partition coefficient (Wildman–Crippen LogP) is 5.69. The number of ether oxygens (including phenoxy) is 2. The van der Waals surface area contributed by atoms with Gasteiger partial charge in [-0.05, 0) is 38.0 Å². The van der Waals surface area contributed by atoms with Crippen molar-refractivity contribution in [1.82, 2.24) is 0 Å². The van der Waals surface area contributed by atoms with Crippen LogP contribution in [0.4, 0.5) is 0 Å². The number of fused-ring (bicyclic) bond motifs is 2. The van der Waals surface area contributed by atoms with Crippen LogP contribution in [-0.2, 0) is 17.6 Å². The number of aryl methyl sites for hydroxylation is 1. The van der Waals surface area contributed by atoms with Crippen LogP contribution in [-0.4, -0.2) is 5.97 Å². The maximum Gasteiger partial charge on any atom is 0.335 e. The van der Waals surface area contributed by atoms with Gasteiger partial charge in [0.15, 0.2) is 0 Å². The molecule has 3 heteroatoms. The number of para-hydroxylation sites is 1. The van der Waals surface area contributed by atoms with Gasteiger partial charge in [0.2, 0.25) is 0 Å². The largest absolute Gasteiger partial charge is 0.456 e. The Morgan fingerprint density at radius 2 is 1.67 bits per heavy atom. The van der Waals surface area contributed by atoms with Crippen molar-refractivity contribution >= 4 is 16.7 Å². The molecular weight excluding hydrogens is 336 g/mol. The van der Waals surface area contributed by atoms with Gasteiger partial charge in [-0.25, -0.2) is 4.79 Å². The van der Waals surface area contributed by atoms with E-state index in [9.17, 15) is 4.79 Å². The van der Waals surface area contributed by atoms with Crippen LogP contribution in [0.2, 0.25) is 0 Å². The summed E-state index contributed by atoms with van der Waals surface area (Å²) in [6, 6.07) is 15.8. The zero-order chi connectivity index (χ0) is 18.8. The molecule has 0 N–H and O–H groups in total. The summed E-state index contributed by atoms with van der Waals surface area (Å²) in [6.07, 6.45) is 6.85. The molecule has 3 aromatic carbocycles. The van der Waals surface area contributed by atoms with E-state index in [0.717, 1.165) is 45.4 Å². The summed E-state index contributed by atoms with van der Waals surface area (Å²) < 4.78 is 12.0. The molecular formula is C24H20O3. The number of hydrogen-bond donors (Lipinski definition) is 0. The average molecular weight is 356 g/mol. The van der Waals surface area contributed by atoms with Gasteiger partial charge in [0.25, 0.3) is 0 Å². The Morgan fingerprint density at radius 3 is 2.37 bits per heavy atom. The van der Waals surface area contributed by atoms with Gasteiger partial charge in [0.1, 0.15) is 17.2 Å². The minimum absolute atomic E-state index is 0.453. The molecule has 0 heterocycles. The smallest absolute Gasteiger partial charge is 0.335 e. The standard InChI is InChI=1S/C24H20O3/c1-3-22(25)27-23-18-11-7-8-12-19(18)24(26-17-9-5-4-6-10-17)21-15-16(2)13-14-20(21)23/h3-10,13-15H,1,11-12H2,2H3. The molecule has 0 radical (unpaired) electrons. The lowest BCUT2D eigenvalue weighted by Crippen LogP contribution is -2.10.